The summed E-state index contributed by atoms with van der Waals surface area (Å²) in [6.45, 7) is 6.69. The summed E-state index contributed by atoms with van der Waals surface area (Å²) in [5.74, 6) is 5.00. The van der Waals surface area contributed by atoms with Crippen LogP contribution in [0.4, 0.5) is 0 Å². The van der Waals surface area contributed by atoms with E-state index in [4.69, 9.17) is 6.42 Å². The second-order valence-electron chi connectivity index (χ2n) is 8.72. The Balaban J connectivity index is 1.73. The molecule has 130 valence electrons. The van der Waals surface area contributed by atoms with Gasteiger partial charge in [-0.3, -0.25) is 0 Å². The van der Waals surface area contributed by atoms with Gasteiger partial charge in [0.15, 0.2) is 0 Å². The highest BCUT2D eigenvalue weighted by atomic mass is 16.3. The van der Waals surface area contributed by atoms with Crippen LogP contribution in [-0.2, 0) is 0 Å². The lowest BCUT2D eigenvalue weighted by Gasteiger charge is -2.57. The third-order valence-electron chi connectivity index (χ3n) is 8.07. The number of hydrogen-bond donors (Lipinski definition) is 2. The number of rotatable bonds is 1. The molecule has 0 saturated heterocycles. The highest BCUT2D eigenvalue weighted by Crippen LogP contribution is 2.67. The molecule has 2 heteroatoms. The summed E-state index contributed by atoms with van der Waals surface area (Å²) >= 11 is 0. The van der Waals surface area contributed by atoms with Gasteiger partial charge in [0.05, 0.1) is 6.10 Å². The van der Waals surface area contributed by atoms with Gasteiger partial charge in [0.2, 0.25) is 0 Å². The predicted molar refractivity (Wildman–Crippen MR) is 96.0 cm³/mol. The first-order chi connectivity index (χ1) is 11.5. The maximum absolute atomic E-state index is 11.2. The Hall–Kier alpha value is -1.04. The lowest BCUT2D eigenvalue weighted by Crippen LogP contribution is -2.54. The molecule has 7 atom stereocenters. The van der Waals surface area contributed by atoms with E-state index in [1.165, 1.54) is 11.1 Å². The van der Waals surface area contributed by atoms with E-state index >= 15 is 0 Å². The topological polar surface area (TPSA) is 40.5 Å². The van der Waals surface area contributed by atoms with Gasteiger partial charge in [0, 0.05) is 5.41 Å². The molecule has 3 fully saturated rings. The van der Waals surface area contributed by atoms with Crippen LogP contribution in [0.1, 0.15) is 58.3 Å². The Bertz CT molecular complexity index is 626. The van der Waals surface area contributed by atoms with E-state index in [0.717, 1.165) is 51.4 Å². The Morgan fingerprint density at radius 3 is 2.83 bits per heavy atom. The van der Waals surface area contributed by atoms with Crippen LogP contribution in [-0.4, -0.2) is 21.9 Å². The molecule has 4 aliphatic carbocycles. The van der Waals surface area contributed by atoms with Gasteiger partial charge in [0.1, 0.15) is 5.60 Å². The minimum Gasteiger partial charge on any atom is -0.389 e. The van der Waals surface area contributed by atoms with Crippen molar-refractivity contribution in [2.24, 2.45) is 29.1 Å². The van der Waals surface area contributed by atoms with Crippen molar-refractivity contribution < 1.29 is 10.2 Å². The first-order valence-corrected chi connectivity index (χ1v) is 9.72. The predicted octanol–water partition coefficient (Wildman–Crippen LogP) is 3.84. The third-order valence-corrected chi connectivity index (χ3v) is 8.07. The van der Waals surface area contributed by atoms with Crippen LogP contribution in [0.5, 0.6) is 0 Å². The second-order valence-corrected chi connectivity index (χ2v) is 8.72. The fourth-order valence-corrected chi connectivity index (χ4v) is 7.03. The molecule has 0 heterocycles. The second kappa shape index (κ2) is 5.48. The van der Waals surface area contributed by atoms with Gasteiger partial charge < -0.3 is 10.2 Å². The third kappa shape index (κ3) is 1.98. The SMILES string of the molecule is C#C[C@@]1(O)CC[C@@H]2[C@H]3CCC4=CC(O)CC[C@H]4[C@@H]3C(=C)C[C@]21CC. The maximum Gasteiger partial charge on any atom is 0.131 e. The van der Waals surface area contributed by atoms with Gasteiger partial charge in [-0.05, 0) is 75.0 Å². The van der Waals surface area contributed by atoms with Crippen LogP contribution in [0.3, 0.4) is 0 Å². The molecular formula is C22H30O2. The zero-order valence-corrected chi connectivity index (χ0v) is 14.8. The van der Waals surface area contributed by atoms with E-state index in [1.54, 1.807) is 0 Å². The summed E-state index contributed by atoms with van der Waals surface area (Å²) in [6.07, 6.45) is 15.5. The average Bonchev–Trinajstić information content (AvgIpc) is 2.88. The van der Waals surface area contributed by atoms with Gasteiger partial charge in [0.25, 0.3) is 0 Å². The van der Waals surface area contributed by atoms with Crippen LogP contribution >= 0.6 is 0 Å². The average molecular weight is 326 g/mol. The van der Waals surface area contributed by atoms with Crippen LogP contribution in [0, 0.1) is 41.4 Å². The van der Waals surface area contributed by atoms with Crippen LogP contribution < -0.4 is 0 Å². The Morgan fingerprint density at radius 1 is 1.33 bits per heavy atom. The first kappa shape index (κ1) is 16.4. The summed E-state index contributed by atoms with van der Waals surface area (Å²) < 4.78 is 0. The van der Waals surface area contributed by atoms with Gasteiger partial charge in [-0.1, -0.05) is 36.6 Å². The standard InChI is InChI=1S/C22H30O2/c1-4-21-13-14(3)20-17-9-7-16(23)12-15(17)6-8-18(20)19(21)10-11-22(21,24)5-2/h2,12,16-20,23-24H,3-4,6-11,13H2,1H3/t16?,17-,18-,19-,20+,21-,22-/m1/s1. The van der Waals surface area contributed by atoms with E-state index in [1.807, 2.05) is 0 Å². The fourth-order valence-electron chi connectivity index (χ4n) is 7.03. The van der Waals surface area contributed by atoms with E-state index in [9.17, 15) is 10.2 Å². The van der Waals surface area contributed by atoms with Crippen LogP contribution in [0.25, 0.3) is 0 Å². The minimum atomic E-state index is -0.959. The molecule has 2 nitrogen and oxygen atoms in total. The normalized spacial score (nSPS) is 50.3. The molecule has 4 aliphatic rings. The lowest BCUT2D eigenvalue weighted by molar-refractivity contribution is -0.0794. The number of aliphatic hydroxyl groups excluding tert-OH is 1. The number of fused-ring (bicyclic) bond motifs is 5. The van der Waals surface area contributed by atoms with Gasteiger partial charge in [-0.2, -0.15) is 0 Å². The van der Waals surface area contributed by atoms with Crippen molar-refractivity contribution in [3.8, 4) is 12.3 Å². The molecule has 3 saturated carbocycles. The van der Waals surface area contributed by atoms with Crippen molar-refractivity contribution in [3.05, 3.63) is 23.8 Å². The largest absolute Gasteiger partial charge is 0.389 e. The summed E-state index contributed by atoms with van der Waals surface area (Å²) in [4.78, 5) is 0. The molecule has 0 spiro atoms. The van der Waals surface area contributed by atoms with E-state index in [0.29, 0.717) is 23.7 Å². The van der Waals surface area contributed by atoms with E-state index in [-0.39, 0.29) is 11.5 Å². The van der Waals surface area contributed by atoms with Crippen LogP contribution in [0.2, 0.25) is 0 Å². The van der Waals surface area contributed by atoms with Gasteiger partial charge >= 0.3 is 0 Å². The molecule has 2 N–H and O–H groups in total. The van der Waals surface area contributed by atoms with E-state index in [2.05, 4.69) is 25.5 Å². The molecular weight excluding hydrogens is 296 g/mol. The zero-order chi connectivity index (χ0) is 17.1. The first-order valence-electron chi connectivity index (χ1n) is 9.72. The molecule has 0 aromatic carbocycles. The molecule has 0 aromatic rings. The minimum absolute atomic E-state index is 0.171. The van der Waals surface area contributed by atoms with Crippen molar-refractivity contribution in [1.29, 1.82) is 0 Å². The molecule has 0 aromatic heterocycles. The van der Waals surface area contributed by atoms with Crippen molar-refractivity contribution in [3.63, 3.8) is 0 Å². The summed E-state index contributed by atoms with van der Waals surface area (Å²) in [5, 5.41) is 21.2. The molecule has 0 bridgehead atoms. The number of aliphatic hydroxyl groups is 2. The number of terminal acetylenes is 1. The Morgan fingerprint density at radius 2 is 2.12 bits per heavy atom. The molecule has 1 unspecified atom stereocenters. The summed E-state index contributed by atoms with van der Waals surface area (Å²) in [7, 11) is 0. The number of hydrogen-bond acceptors (Lipinski definition) is 2. The van der Waals surface area contributed by atoms with Gasteiger partial charge in [-0.25, -0.2) is 0 Å². The maximum atomic E-state index is 11.2. The van der Waals surface area contributed by atoms with Crippen molar-refractivity contribution >= 4 is 0 Å². The van der Waals surface area contributed by atoms with Gasteiger partial charge in [-0.15, -0.1) is 6.42 Å². The zero-order valence-electron chi connectivity index (χ0n) is 14.8. The Labute approximate surface area is 146 Å². The number of allylic oxidation sites excluding steroid dienone is 2. The van der Waals surface area contributed by atoms with Crippen molar-refractivity contribution in [1.82, 2.24) is 0 Å². The molecule has 0 amide bonds. The molecule has 24 heavy (non-hydrogen) atoms. The molecule has 4 rings (SSSR count). The summed E-state index contributed by atoms with van der Waals surface area (Å²) in [6, 6.07) is 0. The lowest BCUT2D eigenvalue weighted by atomic mass is 9.48. The van der Waals surface area contributed by atoms with Crippen molar-refractivity contribution in [2.75, 3.05) is 0 Å². The Kier molecular flexibility index (Phi) is 3.75. The smallest absolute Gasteiger partial charge is 0.131 e. The molecule has 0 aliphatic heterocycles. The van der Waals surface area contributed by atoms with Crippen LogP contribution in [0.15, 0.2) is 23.8 Å². The van der Waals surface area contributed by atoms with Crippen molar-refractivity contribution in [2.45, 2.75) is 70.0 Å². The molecule has 0 radical (unpaired) electrons. The monoisotopic (exact) mass is 326 g/mol. The fraction of sp³-hybridized carbons (Fsp3) is 0.727. The summed E-state index contributed by atoms with van der Waals surface area (Å²) in [5.41, 5.74) is 1.64. The quantitative estimate of drug-likeness (QED) is 0.568. The highest BCUT2D eigenvalue weighted by molar-refractivity contribution is 5.32. The highest BCUT2D eigenvalue weighted by Gasteiger charge is 2.64. The van der Waals surface area contributed by atoms with E-state index < -0.39 is 5.60 Å².